The van der Waals surface area contributed by atoms with Crippen LogP contribution >= 0.6 is 11.6 Å². The zero-order valence-electron chi connectivity index (χ0n) is 10.0. The summed E-state index contributed by atoms with van der Waals surface area (Å²) in [6.45, 7) is 4.85. The van der Waals surface area contributed by atoms with Crippen LogP contribution in [0.2, 0.25) is 5.02 Å². The van der Waals surface area contributed by atoms with E-state index in [9.17, 15) is 0 Å². The predicted octanol–water partition coefficient (Wildman–Crippen LogP) is 3.93. The van der Waals surface area contributed by atoms with Crippen molar-refractivity contribution in [3.8, 4) is 5.75 Å². The van der Waals surface area contributed by atoms with Gasteiger partial charge >= 0.3 is 0 Å². The average molecular weight is 242 g/mol. The minimum Gasteiger partial charge on any atom is -0.494 e. The van der Waals surface area contributed by atoms with E-state index in [-0.39, 0.29) is 6.04 Å². The fraction of sp³-hybridized carbons (Fsp3) is 0.538. The van der Waals surface area contributed by atoms with Gasteiger partial charge in [-0.3, -0.25) is 0 Å². The molecular weight excluding hydrogens is 222 g/mol. The van der Waals surface area contributed by atoms with Crippen molar-refractivity contribution in [3.05, 3.63) is 28.8 Å². The Bertz CT molecular complexity index is 326. The molecule has 0 aliphatic rings. The first-order valence-electron chi connectivity index (χ1n) is 5.83. The Morgan fingerprint density at radius 3 is 2.69 bits per heavy atom. The highest BCUT2D eigenvalue weighted by molar-refractivity contribution is 6.31. The molecule has 3 heteroatoms. The minimum atomic E-state index is -0.0401. The summed E-state index contributed by atoms with van der Waals surface area (Å²) < 4.78 is 5.60. The number of nitrogens with two attached hydrogens (primary N) is 1. The van der Waals surface area contributed by atoms with Crippen LogP contribution in [0.4, 0.5) is 0 Å². The number of unbranched alkanes of at least 4 members (excludes halogenated alkanes) is 2. The highest BCUT2D eigenvalue weighted by Gasteiger charge is 2.06. The number of hydrogen-bond donors (Lipinski definition) is 1. The van der Waals surface area contributed by atoms with E-state index in [1.807, 2.05) is 25.1 Å². The van der Waals surface area contributed by atoms with Gasteiger partial charge in [-0.1, -0.05) is 37.4 Å². The Morgan fingerprint density at radius 2 is 2.12 bits per heavy atom. The van der Waals surface area contributed by atoms with Gasteiger partial charge in [0.2, 0.25) is 0 Å². The first-order valence-corrected chi connectivity index (χ1v) is 6.20. The number of rotatable bonds is 6. The maximum absolute atomic E-state index is 6.10. The van der Waals surface area contributed by atoms with Gasteiger partial charge in [-0.15, -0.1) is 0 Å². The maximum atomic E-state index is 6.10. The first kappa shape index (κ1) is 13.3. The van der Waals surface area contributed by atoms with Crippen molar-refractivity contribution in [2.24, 2.45) is 5.73 Å². The van der Waals surface area contributed by atoms with Crippen LogP contribution in [-0.2, 0) is 0 Å². The molecule has 0 bridgehead atoms. The molecule has 1 aromatic rings. The number of benzene rings is 1. The van der Waals surface area contributed by atoms with Gasteiger partial charge < -0.3 is 10.5 Å². The molecule has 1 unspecified atom stereocenters. The molecule has 1 rings (SSSR count). The third-order valence-electron chi connectivity index (χ3n) is 2.48. The van der Waals surface area contributed by atoms with E-state index in [1.54, 1.807) is 0 Å². The largest absolute Gasteiger partial charge is 0.494 e. The lowest BCUT2D eigenvalue weighted by Gasteiger charge is -2.11. The van der Waals surface area contributed by atoms with E-state index >= 15 is 0 Å². The standard InChI is InChI=1S/C13H20ClNO/c1-3-4-5-8-16-11-6-7-12(10(2)15)13(14)9-11/h6-7,9-10H,3-5,8,15H2,1-2H3. The Morgan fingerprint density at radius 1 is 1.38 bits per heavy atom. The van der Waals surface area contributed by atoms with E-state index < -0.39 is 0 Å². The van der Waals surface area contributed by atoms with E-state index in [0.717, 1.165) is 24.3 Å². The van der Waals surface area contributed by atoms with E-state index in [0.29, 0.717) is 5.02 Å². The Labute approximate surface area is 103 Å². The summed E-state index contributed by atoms with van der Waals surface area (Å²) in [6, 6.07) is 5.66. The quantitative estimate of drug-likeness (QED) is 0.766. The second-order valence-corrected chi connectivity index (χ2v) is 4.43. The molecular formula is C13H20ClNO. The molecule has 0 aromatic heterocycles. The summed E-state index contributed by atoms with van der Waals surface area (Å²) >= 11 is 6.10. The molecule has 0 heterocycles. The molecule has 0 aliphatic heterocycles. The molecule has 2 nitrogen and oxygen atoms in total. The van der Waals surface area contributed by atoms with Crippen molar-refractivity contribution >= 4 is 11.6 Å². The summed E-state index contributed by atoms with van der Waals surface area (Å²) in [5.41, 5.74) is 6.74. The zero-order chi connectivity index (χ0) is 12.0. The van der Waals surface area contributed by atoms with Crippen molar-refractivity contribution in [1.29, 1.82) is 0 Å². The smallest absolute Gasteiger partial charge is 0.120 e. The van der Waals surface area contributed by atoms with Crippen LogP contribution in [0.15, 0.2) is 18.2 Å². The highest BCUT2D eigenvalue weighted by atomic mass is 35.5. The molecule has 0 aliphatic carbocycles. The topological polar surface area (TPSA) is 35.2 Å². The lowest BCUT2D eigenvalue weighted by molar-refractivity contribution is 0.306. The van der Waals surface area contributed by atoms with Gasteiger partial charge in [0.25, 0.3) is 0 Å². The fourth-order valence-electron chi connectivity index (χ4n) is 1.51. The summed E-state index contributed by atoms with van der Waals surface area (Å²) in [7, 11) is 0. The van der Waals surface area contributed by atoms with Crippen LogP contribution in [-0.4, -0.2) is 6.61 Å². The molecule has 0 fully saturated rings. The molecule has 0 radical (unpaired) electrons. The van der Waals surface area contributed by atoms with Gasteiger partial charge in [0.1, 0.15) is 5.75 Å². The van der Waals surface area contributed by atoms with Gasteiger partial charge in [-0.05, 0) is 31.0 Å². The zero-order valence-corrected chi connectivity index (χ0v) is 10.8. The molecule has 0 saturated carbocycles. The third-order valence-corrected chi connectivity index (χ3v) is 2.81. The van der Waals surface area contributed by atoms with Crippen molar-refractivity contribution in [1.82, 2.24) is 0 Å². The lowest BCUT2D eigenvalue weighted by atomic mass is 10.1. The van der Waals surface area contributed by atoms with Gasteiger partial charge in [-0.25, -0.2) is 0 Å². The molecule has 2 N–H and O–H groups in total. The molecule has 1 aromatic carbocycles. The molecule has 1 atom stereocenters. The number of halogens is 1. The SMILES string of the molecule is CCCCCOc1ccc(C(C)N)c(Cl)c1. The van der Waals surface area contributed by atoms with E-state index in [1.165, 1.54) is 12.8 Å². The van der Waals surface area contributed by atoms with Crippen molar-refractivity contribution in [2.75, 3.05) is 6.61 Å². The Hall–Kier alpha value is -0.730. The Kier molecular flexibility index (Phi) is 5.64. The number of hydrogen-bond acceptors (Lipinski definition) is 2. The normalized spacial score (nSPS) is 12.5. The minimum absolute atomic E-state index is 0.0401. The van der Waals surface area contributed by atoms with Gasteiger partial charge in [-0.2, -0.15) is 0 Å². The van der Waals surface area contributed by atoms with Crippen LogP contribution in [0.5, 0.6) is 5.75 Å². The van der Waals surface area contributed by atoms with Crippen molar-refractivity contribution in [2.45, 2.75) is 39.2 Å². The molecule has 0 saturated heterocycles. The van der Waals surface area contributed by atoms with Crippen LogP contribution in [0.25, 0.3) is 0 Å². The monoisotopic (exact) mass is 241 g/mol. The maximum Gasteiger partial charge on any atom is 0.120 e. The van der Waals surface area contributed by atoms with Crippen molar-refractivity contribution < 1.29 is 4.74 Å². The van der Waals surface area contributed by atoms with Crippen LogP contribution < -0.4 is 10.5 Å². The third kappa shape index (κ3) is 4.03. The second kappa shape index (κ2) is 6.77. The summed E-state index contributed by atoms with van der Waals surface area (Å²) in [5.74, 6) is 0.825. The highest BCUT2D eigenvalue weighted by Crippen LogP contribution is 2.26. The van der Waals surface area contributed by atoms with Gasteiger partial charge in [0.15, 0.2) is 0 Å². The van der Waals surface area contributed by atoms with Gasteiger partial charge in [0, 0.05) is 11.1 Å². The van der Waals surface area contributed by atoms with E-state index in [2.05, 4.69) is 6.92 Å². The summed E-state index contributed by atoms with van der Waals surface area (Å²) in [4.78, 5) is 0. The molecule has 16 heavy (non-hydrogen) atoms. The fourth-order valence-corrected chi connectivity index (χ4v) is 1.85. The van der Waals surface area contributed by atoms with E-state index in [4.69, 9.17) is 22.1 Å². The van der Waals surface area contributed by atoms with Crippen LogP contribution in [0, 0.1) is 0 Å². The van der Waals surface area contributed by atoms with Crippen molar-refractivity contribution in [3.63, 3.8) is 0 Å². The second-order valence-electron chi connectivity index (χ2n) is 4.03. The predicted molar refractivity (Wildman–Crippen MR) is 69.1 cm³/mol. The average Bonchev–Trinajstić information content (AvgIpc) is 2.24. The number of ether oxygens (including phenoxy) is 1. The molecule has 0 amide bonds. The molecule has 90 valence electrons. The van der Waals surface area contributed by atoms with Crippen LogP contribution in [0.1, 0.15) is 44.7 Å². The van der Waals surface area contributed by atoms with Crippen LogP contribution in [0.3, 0.4) is 0 Å². The summed E-state index contributed by atoms with van der Waals surface area (Å²) in [5, 5.41) is 0.683. The Balaban J connectivity index is 2.53. The summed E-state index contributed by atoms with van der Waals surface area (Å²) in [6.07, 6.45) is 3.49. The lowest BCUT2D eigenvalue weighted by Crippen LogP contribution is -2.06. The molecule has 0 spiro atoms. The van der Waals surface area contributed by atoms with Gasteiger partial charge in [0.05, 0.1) is 6.61 Å². The first-order chi connectivity index (χ1) is 7.65.